The molecule has 0 unspecified atom stereocenters. The van der Waals surface area contributed by atoms with Gasteiger partial charge < -0.3 is 4.74 Å². The van der Waals surface area contributed by atoms with Crippen LogP contribution in [-0.2, 0) is 14.6 Å². The average molecular weight is 172 g/mol. The van der Waals surface area contributed by atoms with E-state index in [1.54, 1.807) is 0 Å². The molecule has 0 aliphatic carbocycles. The number of rotatable bonds is 8. The van der Waals surface area contributed by atoms with Crippen molar-refractivity contribution in [2.45, 2.75) is 38.5 Å². The van der Waals surface area contributed by atoms with Gasteiger partial charge in [0, 0.05) is 6.61 Å². The van der Waals surface area contributed by atoms with Crippen molar-refractivity contribution in [1.29, 1.82) is 0 Å². The van der Waals surface area contributed by atoms with Crippen LogP contribution in [0.15, 0.2) is 0 Å². The Hall–Kier alpha value is -0.570. The summed E-state index contributed by atoms with van der Waals surface area (Å²) in [7, 11) is 3.26. The van der Waals surface area contributed by atoms with Crippen molar-refractivity contribution in [3.63, 3.8) is 0 Å². The van der Waals surface area contributed by atoms with Crippen LogP contribution in [0, 0.1) is 7.11 Å². The molecule has 0 saturated carbocycles. The molecule has 2 radical (unpaired) electrons. The van der Waals surface area contributed by atoms with Gasteiger partial charge in [-0.1, -0.05) is 19.3 Å². The van der Waals surface area contributed by atoms with E-state index in [9.17, 15) is 9.90 Å². The van der Waals surface area contributed by atoms with Crippen LogP contribution in [0.5, 0.6) is 0 Å². The molecule has 0 bridgehead atoms. The first-order chi connectivity index (χ1) is 5.77. The summed E-state index contributed by atoms with van der Waals surface area (Å²) in [6, 6.07) is 0. The number of carbonyl (C=O) groups is 1. The normalized spacial score (nSPS) is 10.1. The van der Waals surface area contributed by atoms with Gasteiger partial charge in [-0.15, -0.1) is 0 Å². The van der Waals surface area contributed by atoms with Gasteiger partial charge >= 0.3 is 5.97 Å². The lowest BCUT2D eigenvalue weighted by Gasteiger charge is -1.98. The molecule has 70 valence electrons. The van der Waals surface area contributed by atoms with Crippen LogP contribution in [0.4, 0.5) is 0 Å². The zero-order valence-electron chi connectivity index (χ0n) is 7.38. The predicted molar refractivity (Wildman–Crippen MR) is 44.7 cm³/mol. The van der Waals surface area contributed by atoms with E-state index in [1.807, 2.05) is 0 Å². The minimum atomic E-state index is -0.948. The van der Waals surface area contributed by atoms with Gasteiger partial charge in [0.2, 0.25) is 0 Å². The van der Waals surface area contributed by atoms with Crippen molar-refractivity contribution in [3.05, 3.63) is 7.11 Å². The van der Waals surface area contributed by atoms with Crippen molar-refractivity contribution in [2.24, 2.45) is 0 Å². The molecular weight excluding hydrogens is 156 g/mol. The van der Waals surface area contributed by atoms with E-state index in [1.165, 1.54) is 0 Å². The molecule has 0 fully saturated rings. The summed E-state index contributed by atoms with van der Waals surface area (Å²) in [6.07, 6.45) is 5.04. The molecule has 0 aromatic rings. The SMILES string of the molecule is [CH2]OCCCCCCCC([O])=O. The lowest BCUT2D eigenvalue weighted by molar-refractivity contribution is -0.143. The quantitative estimate of drug-likeness (QED) is 0.526. The summed E-state index contributed by atoms with van der Waals surface area (Å²) >= 11 is 0. The number of ether oxygens (including phenoxy) is 1. The zero-order valence-corrected chi connectivity index (χ0v) is 7.38. The van der Waals surface area contributed by atoms with Gasteiger partial charge in [-0.05, 0) is 12.8 Å². The van der Waals surface area contributed by atoms with Crippen LogP contribution in [0.2, 0.25) is 0 Å². The minimum Gasteiger partial charge on any atom is -0.379 e. The van der Waals surface area contributed by atoms with E-state index in [0.29, 0.717) is 6.61 Å². The van der Waals surface area contributed by atoms with Crippen molar-refractivity contribution in [1.82, 2.24) is 0 Å². The Morgan fingerprint density at radius 3 is 2.25 bits per heavy atom. The van der Waals surface area contributed by atoms with Gasteiger partial charge in [-0.3, -0.25) is 0 Å². The summed E-state index contributed by atoms with van der Waals surface area (Å²) in [5.41, 5.74) is 0. The largest absolute Gasteiger partial charge is 0.379 e. The molecule has 12 heavy (non-hydrogen) atoms. The Bertz CT molecular complexity index is 112. The van der Waals surface area contributed by atoms with Crippen LogP contribution in [0.3, 0.4) is 0 Å². The predicted octanol–water partition coefficient (Wildman–Crippen LogP) is 2.09. The van der Waals surface area contributed by atoms with E-state index in [0.717, 1.165) is 32.1 Å². The third-order valence-electron chi connectivity index (χ3n) is 1.67. The second-order valence-electron chi connectivity index (χ2n) is 2.80. The van der Waals surface area contributed by atoms with Gasteiger partial charge in [0.05, 0.1) is 13.5 Å². The van der Waals surface area contributed by atoms with Gasteiger partial charge in [0.25, 0.3) is 0 Å². The third kappa shape index (κ3) is 9.43. The highest BCUT2D eigenvalue weighted by Gasteiger charge is 1.97. The zero-order chi connectivity index (χ0) is 9.23. The first-order valence-corrected chi connectivity index (χ1v) is 4.34. The Morgan fingerprint density at radius 2 is 1.67 bits per heavy atom. The molecular formula is C9H16O3. The van der Waals surface area contributed by atoms with E-state index in [2.05, 4.69) is 11.8 Å². The van der Waals surface area contributed by atoms with Crippen LogP contribution < -0.4 is 0 Å². The Labute approximate surface area is 73.7 Å². The maximum atomic E-state index is 10.00. The van der Waals surface area contributed by atoms with Gasteiger partial charge in [-0.25, -0.2) is 9.90 Å². The van der Waals surface area contributed by atoms with E-state index < -0.39 is 5.97 Å². The number of hydrogen-bond acceptors (Lipinski definition) is 2. The van der Waals surface area contributed by atoms with E-state index >= 15 is 0 Å². The fourth-order valence-electron chi connectivity index (χ4n) is 1.00. The lowest BCUT2D eigenvalue weighted by atomic mass is 10.1. The van der Waals surface area contributed by atoms with Crippen molar-refractivity contribution >= 4 is 5.97 Å². The van der Waals surface area contributed by atoms with Crippen LogP contribution in [0.1, 0.15) is 38.5 Å². The summed E-state index contributed by atoms with van der Waals surface area (Å²) < 4.78 is 4.63. The second kappa shape index (κ2) is 8.53. The fourth-order valence-corrected chi connectivity index (χ4v) is 1.00. The van der Waals surface area contributed by atoms with Gasteiger partial charge in [0.15, 0.2) is 0 Å². The fraction of sp³-hybridized carbons (Fsp3) is 0.778. The Balaban J connectivity index is 2.86. The standard InChI is InChI=1S/C9H16O3/c1-12-8-6-4-2-3-5-7-9(10)11/h1-8H2. The summed E-state index contributed by atoms with van der Waals surface area (Å²) in [5, 5.41) is 10.00. The first kappa shape index (κ1) is 11.4. The lowest BCUT2D eigenvalue weighted by Crippen LogP contribution is -1.92. The molecule has 0 rings (SSSR count). The highest BCUT2D eigenvalue weighted by Crippen LogP contribution is 2.05. The molecule has 0 saturated heterocycles. The number of unbranched alkanes of at least 4 members (excludes halogenated alkanes) is 4. The smallest absolute Gasteiger partial charge is 0.355 e. The Kier molecular flexibility index (Phi) is 8.12. The third-order valence-corrected chi connectivity index (χ3v) is 1.67. The van der Waals surface area contributed by atoms with Crippen LogP contribution in [0.25, 0.3) is 0 Å². The number of carbonyl (C=O) groups excluding carboxylic acids is 1. The number of hydrogen-bond donors (Lipinski definition) is 0. The summed E-state index contributed by atoms with van der Waals surface area (Å²) in [6.45, 7) is 0.695. The van der Waals surface area contributed by atoms with Crippen molar-refractivity contribution in [2.75, 3.05) is 6.61 Å². The van der Waals surface area contributed by atoms with Crippen molar-refractivity contribution < 1.29 is 14.6 Å². The van der Waals surface area contributed by atoms with E-state index in [4.69, 9.17) is 0 Å². The van der Waals surface area contributed by atoms with Crippen LogP contribution in [-0.4, -0.2) is 12.6 Å². The second-order valence-corrected chi connectivity index (χ2v) is 2.80. The Morgan fingerprint density at radius 1 is 1.08 bits per heavy atom. The van der Waals surface area contributed by atoms with Crippen LogP contribution >= 0.6 is 0 Å². The minimum absolute atomic E-state index is 0.186. The van der Waals surface area contributed by atoms with E-state index in [-0.39, 0.29) is 6.42 Å². The summed E-state index contributed by atoms with van der Waals surface area (Å²) in [5.74, 6) is -0.948. The van der Waals surface area contributed by atoms with Gasteiger partial charge in [0.1, 0.15) is 0 Å². The molecule has 0 heterocycles. The highest BCUT2D eigenvalue weighted by atomic mass is 16.5. The monoisotopic (exact) mass is 172 g/mol. The molecule has 0 atom stereocenters. The summed E-state index contributed by atoms with van der Waals surface area (Å²) in [4.78, 5) is 10.00. The maximum Gasteiger partial charge on any atom is 0.355 e. The average Bonchev–Trinajstić information content (AvgIpc) is 2.02. The topological polar surface area (TPSA) is 46.2 Å². The molecule has 0 amide bonds. The first-order valence-electron chi connectivity index (χ1n) is 4.34. The molecule has 0 aromatic heterocycles. The molecule has 0 N–H and O–H groups in total. The highest BCUT2D eigenvalue weighted by molar-refractivity contribution is 5.66. The maximum absolute atomic E-state index is 10.00. The molecule has 0 aromatic carbocycles. The van der Waals surface area contributed by atoms with Gasteiger partial charge in [-0.2, -0.15) is 0 Å². The molecule has 0 aliphatic heterocycles. The van der Waals surface area contributed by atoms with Crippen molar-refractivity contribution in [3.8, 4) is 0 Å². The molecule has 0 spiro atoms. The molecule has 3 nitrogen and oxygen atoms in total. The molecule has 0 aliphatic rings. The molecule has 3 heteroatoms.